The van der Waals surface area contributed by atoms with Crippen LogP contribution in [0.25, 0.3) is 0 Å². The van der Waals surface area contributed by atoms with Crippen molar-refractivity contribution in [1.82, 2.24) is 5.32 Å². The molecule has 1 heterocycles. The molecule has 0 amide bonds. The molecule has 1 aliphatic heterocycles. The van der Waals surface area contributed by atoms with E-state index in [-0.39, 0.29) is 0 Å². The van der Waals surface area contributed by atoms with Crippen LogP contribution in [0, 0.1) is 5.92 Å². The second kappa shape index (κ2) is 6.86. The number of hydrogen-bond donors (Lipinski definition) is 2. The molecule has 2 aliphatic rings. The first-order chi connectivity index (χ1) is 9.86. The SMILES string of the molecule is CSc1cccc(NC2CCCC2C2CCCCN2)c1. The summed E-state index contributed by atoms with van der Waals surface area (Å²) in [4.78, 5) is 1.35. The molecule has 0 spiro atoms. The topological polar surface area (TPSA) is 24.1 Å². The van der Waals surface area contributed by atoms with Gasteiger partial charge >= 0.3 is 0 Å². The molecule has 110 valence electrons. The highest BCUT2D eigenvalue weighted by atomic mass is 32.2. The molecule has 1 saturated heterocycles. The van der Waals surface area contributed by atoms with Crippen LogP contribution < -0.4 is 10.6 Å². The van der Waals surface area contributed by atoms with Gasteiger partial charge in [-0.15, -0.1) is 11.8 Å². The number of piperidine rings is 1. The molecule has 2 N–H and O–H groups in total. The maximum Gasteiger partial charge on any atom is 0.0353 e. The van der Waals surface area contributed by atoms with E-state index < -0.39 is 0 Å². The van der Waals surface area contributed by atoms with E-state index >= 15 is 0 Å². The molecule has 20 heavy (non-hydrogen) atoms. The zero-order valence-electron chi connectivity index (χ0n) is 12.4. The first kappa shape index (κ1) is 14.3. The van der Waals surface area contributed by atoms with E-state index in [2.05, 4.69) is 41.2 Å². The summed E-state index contributed by atoms with van der Waals surface area (Å²) in [7, 11) is 0. The number of anilines is 1. The molecule has 1 saturated carbocycles. The molecule has 1 aliphatic carbocycles. The normalized spacial score (nSPS) is 30.4. The largest absolute Gasteiger partial charge is 0.382 e. The van der Waals surface area contributed by atoms with Gasteiger partial charge in [0.25, 0.3) is 0 Å². The van der Waals surface area contributed by atoms with Crippen molar-refractivity contribution in [3.8, 4) is 0 Å². The van der Waals surface area contributed by atoms with Gasteiger partial charge in [0.2, 0.25) is 0 Å². The first-order valence-electron chi connectivity index (χ1n) is 8.01. The maximum absolute atomic E-state index is 3.81. The third kappa shape index (κ3) is 3.32. The van der Waals surface area contributed by atoms with Crippen LogP contribution in [0.2, 0.25) is 0 Å². The predicted molar refractivity (Wildman–Crippen MR) is 88.6 cm³/mol. The van der Waals surface area contributed by atoms with Crippen molar-refractivity contribution in [3.63, 3.8) is 0 Å². The Bertz CT molecular complexity index is 429. The summed E-state index contributed by atoms with van der Waals surface area (Å²) in [6.07, 6.45) is 10.4. The second-order valence-corrected chi connectivity index (χ2v) is 7.01. The summed E-state index contributed by atoms with van der Waals surface area (Å²) >= 11 is 1.82. The first-order valence-corrected chi connectivity index (χ1v) is 9.23. The Morgan fingerprint density at radius 2 is 2.10 bits per heavy atom. The summed E-state index contributed by atoms with van der Waals surface area (Å²) in [5.74, 6) is 0.813. The van der Waals surface area contributed by atoms with Gasteiger partial charge in [0.15, 0.2) is 0 Å². The fourth-order valence-corrected chi connectivity index (χ4v) is 4.28. The van der Waals surface area contributed by atoms with E-state index in [1.165, 1.54) is 55.7 Å². The minimum atomic E-state index is 0.655. The summed E-state index contributed by atoms with van der Waals surface area (Å²) in [6, 6.07) is 10.2. The molecule has 0 bridgehead atoms. The summed E-state index contributed by atoms with van der Waals surface area (Å²) in [6.45, 7) is 1.22. The van der Waals surface area contributed by atoms with Gasteiger partial charge in [0, 0.05) is 22.7 Å². The number of benzene rings is 1. The van der Waals surface area contributed by atoms with E-state index in [1.807, 2.05) is 11.8 Å². The third-order valence-corrected chi connectivity index (χ3v) is 5.58. The van der Waals surface area contributed by atoms with E-state index in [0.717, 1.165) is 12.0 Å². The molecule has 1 aromatic carbocycles. The summed E-state index contributed by atoms with van der Waals surface area (Å²) in [5, 5.41) is 7.56. The lowest BCUT2D eigenvalue weighted by Crippen LogP contribution is -2.44. The van der Waals surface area contributed by atoms with Crippen LogP contribution in [0.4, 0.5) is 5.69 Å². The van der Waals surface area contributed by atoms with E-state index in [0.29, 0.717) is 6.04 Å². The fraction of sp³-hybridized carbons (Fsp3) is 0.647. The number of nitrogens with one attached hydrogen (secondary N) is 2. The van der Waals surface area contributed by atoms with Crippen LogP contribution in [0.15, 0.2) is 29.2 Å². The molecule has 0 aromatic heterocycles. The van der Waals surface area contributed by atoms with Gasteiger partial charge in [0.05, 0.1) is 0 Å². The Morgan fingerprint density at radius 3 is 2.90 bits per heavy atom. The highest BCUT2D eigenvalue weighted by Gasteiger charge is 2.34. The van der Waals surface area contributed by atoms with Crippen LogP contribution in [0.3, 0.4) is 0 Å². The predicted octanol–water partition coefficient (Wildman–Crippen LogP) is 4.13. The Hall–Kier alpha value is -0.670. The highest BCUT2D eigenvalue weighted by molar-refractivity contribution is 7.98. The fourth-order valence-electron chi connectivity index (χ4n) is 3.82. The average Bonchev–Trinajstić information content (AvgIpc) is 2.96. The van der Waals surface area contributed by atoms with E-state index in [4.69, 9.17) is 0 Å². The van der Waals surface area contributed by atoms with Crippen molar-refractivity contribution < 1.29 is 0 Å². The maximum atomic E-state index is 3.81. The zero-order chi connectivity index (χ0) is 13.8. The molecular weight excluding hydrogens is 264 g/mol. The molecule has 3 heteroatoms. The zero-order valence-corrected chi connectivity index (χ0v) is 13.2. The minimum Gasteiger partial charge on any atom is -0.382 e. The van der Waals surface area contributed by atoms with Crippen LogP contribution in [-0.4, -0.2) is 24.9 Å². The van der Waals surface area contributed by atoms with Gasteiger partial charge in [0.1, 0.15) is 0 Å². The Labute approximate surface area is 127 Å². The van der Waals surface area contributed by atoms with Crippen molar-refractivity contribution in [1.29, 1.82) is 0 Å². The van der Waals surface area contributed by atoms with Crippen molar-refractivity contribution in [2.24, 2.45) is 5.92 Å². The Kier molecular flexibility index (Phi) is 4.90. The average molecular weight is 290 g/mol. The molecule has 2 nitrogen and oxygen atoms in total. The number of rotatable bonds is 4. The molecule has 3 rings (SSSR count). The number of hydrogen-bond acceptors (Lipinski definition) is 3. The van der Waals surface area contributed by atoms with Crippen molar-refractivity contribution in [2.45, 2.75) is 55.5 Å². The lowest BCUT2D eigenvalue weighted by atomic mass is 9.88. The lowest BCUT2D eigenvalue weighted by molar-refractivity contribution is 0.286. The van der Waals surface area contributed by atoms with E-state index in [1.54, 1.807) is 0 Å². The van der Waals surface area contributed by atoms with Gasteiger partial charge in [-0.1, -0.05) is 18.9 Å². The van der Waals surface area contributed by atoms with Gasteiger partial charge < -0.3 is 10.6 Å². The standard InChI is InChI=1S/C17H26N2S/c1-20-14-7-4-6-13(12-14)19-17-10-5-8-15(17)16-9-2-3-11-18-16/h4,6-7,12,15-19H,2-3,5,8-11H2,1H3. The van der Waals surface area contributed by atoms with Crippen LogP contribution in [-0.2, 0) is 0 Å². The van der Waals surface area contributed by atoms with Gasteiger partial charge in [-0.3, -0.25) is 0 Å². The van der Waals surface area contributed by atoms with Gasteiger partial charge in [-0.2, -0.15) is 0 Å². The molecule has 3 atom stereocenters. The van der Waals surface area contributed by atoms with Crippen molar-refractivity contribution in [2.75, 3.05) is 18.1 Å². The summed E-state index contributed by atoms with van der Waals surface area (Å²) < 4.78 is 0. The third-order valence-electron chi connectivity index (χ3n) is 4.86. The van der Waals surface area contributed by atoms with E-state index in [9.17, 15) is 0 Å². The molecule has 3 unspecified atom stereocenters. The summed E-state index contributed by atoms with van der Waals surface area (Å²) in [5.41, 5.74) is 1.30. The monoisotopic (exact) mass is 290 g/mol. The molecule has 0 radical (unpaired) electrons. The highest BCUT2D eigenvalue weighted by Crippen LogP contribution is 2.34. The smallest absolute Gasteiger partial charge is 0.0353 e. The Morgan fingerprint density at radius 1 is 1.15 bits per heavy atom. The number of thioether (sulfide) groups is 1. The second-order valence-electron chi connectivity index (χ2n) is 6.13. The van der Waals surface area contributed by atoms with Crippen LogP contribution in [0.5, 0.6) is 0 Å². The molecular formula is C17H26N2S. The lowest BCUT2D eigenvalue weighted by Gasteiger charge is -2.33. The van der Waals surface area contributed by atoms with Crippen molar-refractivity contribution >= 4 is 17.4 Å². The Balaban J connectivity index is 1.65. The molecule has 1 aromatic rings. The minimum absolute atomic E-state index is 0.655. The van der Waals surface area contributed by atoms with Crippen LogP contribution >= 0.6 is 11.8 Å². The van der Waals surface area contributed by atoms with Gasteiger partial charge in [-0.25, -0.2) is 0 Å². The van der Waals surface area contributed by atoms with Crippen LogP contribution in [0.1, 0.15) is 38.5 Å². The van der Waals surface area contributed by atoms with Gasteiger partial charge in [-0.05, 0) is 62.6 Å². The van der Waals surface area contributed by atoms with Crippen molar-refractivity contribution in [3.05, 3.63) is 24.3 Å². The quantitative estimate of drug-likeness (QED) is 0.815. The molecule has 2 fully saturated rings.